The van der Waals surface area contributed by atoms with Crippen LogP contribution in [0.2, 0.25) is 0 Å². The van der Waals surface area contributed by atoms with Crippen molar-refractivity contribution < 1.29 is 0 Å². The van der Waals surface area contributed by atoms with Crippen LogP contribution in [0.15, 0.2) is 0 Å². The summed E-state index contributed by atoms with van der Waals surface area (Å²) in [5.74, 6) is 0. The number of piperazine rings is 1. The molecule has 3 fully saturated rings. The fraction of sp³-hybridized carbons (Fsp3) is 1.00. The third kappa shape index (κ3) is 2.67. The molecule has 5 heteroatoms. The molecule has 0 aromatic rings. The van der Waals surface area contributed by atoms with Gasteiger partial charge in [0.15, 0.2) is 0 Å². The summed E-state index contributed by atoms with van der Waals surface area (Å²) in [6, 6.07) is 0.658. The van der Waals surface area contributed by atoms with E-state index in [9.17, 15) is 0 Å². The summed E-state index contributed by atoms with van der Waals surface area (Å²) in [6.45, 7) is 7.81. The van der Waals surface area contributed by atoms with E-state index < -0.39 is 0 Å². The van der Waals surface area contributed by atoms with Gasteiger partial charge in [-0.15, -0.1) is 0 Å². The Bertz CT molecular complexity index is 302. The molecule has 19 heavy (non-hydrogen) atoms. The van der Waals surface area contributed by atoms with Gasteiger partial charge in [-0.3, -0.25) is 4.90 Å². The van der Waals surface area contributed by atoms with Crippen LogP contribution in [0, 0.1) is 0 Å². The highest BCUT2D eigenvalue weighted by molar-refractivity contribution is 5.07. The first-order chi connectivity index (χ1) is 9.23. The zero-order chi connectivity index (χ0) is 13.3. The second kappa shape index (κ2) is 5.66. The lowest BCUT2D eigenvalue weighted by molar-refractivity contribution is 0.0303. The molecule has 0 bridgehead atoms. The number of rotatable bonds is 3. The summed E-state index contributed by atoms with van der Waals surface area (Å²) >= 11 is 0. The molecule has 0 aromatic carbocycles. The molecule has 0 radical (unpaired) electrons. The van der Waals surface area contributed by atoms with Crippen LogP contribution in [0.5, 0.6) is 0 Å². The summed E-state index contributed by atoms with van der Waals surface area (Å²) in [6.07, 6.45) is 5.26. The largest absolute Gasteiger partial charge is 0.329 e. The molecule has 2 unspecified atom stereocenters. The Morgan fingerprint density at radius 3 is 2.63 bits per heavy atom. The second-order valence-corrected chi connectivity index (χ2v) is 6.56. The average Bonchev–Trinajstić information content (AvgIpc) is 2.81. The minimum atomic E-state index is 0.135. The summed E-state index contributed by atoms with van der Waals surface area (Å²) in [5, 5.41) is 2.42. The molecule has 5 nitrogen and oxygen atoms in total. The van der Waals surface area contributed by atoms with E-state index in [1.54, 1.807) is 0 Å². The van der Waals surface area contributed by atoms with E-state index in [0.29, 0.717) is 6.04 Å². The number of piperidine rings is 1. The summed E-state index contributed by atoms with van der Waals surface area (Å²) in [5.41, 5.74) is 10.2. The van der Waals surface area contributed by atoms with E-state index in [1.165, 1.54) is 38.8 Å². The van der Waals surface area contributed by atoms with Crippen LogP contribution in [-0.4, -0.2) is 79.3 Å². The molecule has 0 aromatic heterocycles. The smallest absolute Gasteiger partial charge is 0.0614 e. The van der Waals surface area contributed by atoms with Crippen molar-refractivity contribution in [3.8, 4) is 0 Å². The Hall–Kier alpha value is -0.200. The van der Waals surface area contributed by atoms with Gasteiger partial charge < -0.3 is 10.6 Å². The molecule has 3 N–H and O–H groups in total. The highest BCUT2D eigenvalue weighted by Crippen LogP contribution is 2.34. The maximum Gasteiger partial charge on any atom is 0.0614 e. The first kappa shape index (κ1) is 13.8. The molecule has 3 saturated heterocycles. The average molecular weight is 267 g/mol. The third-order valence-corrected chi connectivity index (χ3v) is 5.34. The van der Waals surface area contributed by atoms with Crippen molar-refractivity contribution in [2.75, 3.05) is 52.9 Å². The Labute approximate surface area is 117 Å². The minimum Gasteiger partial charge on any atom is -0.329 e. The number of hydrogen-bond acceptors (Lipinski definition) is 5. The van der Waals surface area contributed by atoms with Crippen LogP contribution in [0.3, 0.4) is 0 Å². The molecule has 110 valence electrons. The van der Waals surface area contributed by atoms with Crippen molar-refractivity contribution in [1.82, 2.24) is 20.2 Å². The van der Waals surface area contributed by atoms with Gasteiger partial charge in [0.2, 0.25) is 0 Å². The van der Waals surface area contributed by atoms with Gasteiger partial charge in [0.25, 0.3) is 0 Å². The molecule has 2 atom stereocenters. The zero-order valence-electron chi connectivity index (χ0n) is 12.3. The number of fused-ring (bicyclic) bond motifs is 1. The molecule has 0 spiro atoms. The molecule has 3 aliphatic rings. The summed E-state index contributed by atoms with van der Waals surface area (Å²) in [4.78, 5) is 5.06. The van der Waals surface area contributed by atoms with E-state index in [1.807, 2.05) is 0 Å². The highest BCUT2D eigenvalue weighted by atomic mass is 15.6. The maximum atomic E-state index is 6.19. The predicted octanol–water partition coefficient (Wildman–Crippen LogP) is -0.306. The maximum absolute atomic E-state index is 6.19. The van der Waals surface area contributed by atoms with Crippen LogP contribution in [-0.2, 0) is 0 Å². The van der Waals surface area contributed by atoms with E-state index in [4.69, 9.17) is 5.73 Å². The monoisotopic (exact) mass is 267 g/mol. The van der Waals surface area contributed by atoms with E-state index in [2.05, 4.69) is 27.3 Å². The van der Waals surface area contributed by atoms with Gasteiger partial charge in [-0.05, 0) is 32.9 Å². The molecule has 3 aliphatic heterocycles. The van der Waals surface area contributed by atoms with Gasteiger partial charge in [-0.1, -0.05) is 6.42 Å². The number of nitrogens with one attached hydrogen (secondary N) is 1. The van der Waals surface area contributed by atoms with Crippen molar-refractivity contribution in [1.29, 1.82) is 0 Å². The van der Waals surface area contributed by atoms with Crippen LogP contribution in [0.1, 0.15) is 25.7 Å². The van der Waals surface area contributed by atoms with Crippen molar-refractivity contribution >= 4 is 0 Å². The van der Waals surface area contributed by atoms with E-state index in [-0.39, 0.29) is 5.54 Å². The molecular weight excluding hydrogens is 238 g/mol. The highest BCUT2D eigenvalue weighted by Gasteiger charge is 2.47. The van der Waals surface area contributed by atoms with Gasteiger partial charge in [-0.2, -0.15) is 0 Å². The lowest BCUT2D eigenvalue weighted by Crippen LogP contribution is -2.66. The van der Waals surface area contributed by atoms with Crippen molar-refractivity contribution in [3.63, 3.8) is 0 Å². The van der Waals surface area contributed by atoms with Crippen LogP contribution in [0.4, 0.5) is 0 Å². The summed E-state index contributed by atoms with van der Waals surface area (Å²) < 4.78 is 0. The Morgan fingerprint density at radius 2 is 1.89 bits per heavy atom. The number of likely N-dealkylation sites (N-methyl/N-ethyl adjacent to an activating group) is 1. The van der Waals surface area contributed by atoms with Crippen molar-refractivity contribution in [2.24, 2.45) is 5.73 Å². The number of nitrogens with zero attached hydrogens (tertiary/aromatic N) is 3. The zero-order valence-corrected chi connectivity index (χ0v) is 12.3. The van der Waals surface area contributed by atoms with Gasteiger partial charge in [0, 0.05) is 45.3 Å². The van der Waals surface area contributed by atoms with E-state index in [0.717, 1.165) is 32.7 Å². The quantitative estimate of drug-likeness (QED) is 0.735. The van der Waals surface area contributed by atoms with Gasteiger partial charge in [-0.25, -0.2) is 10.4 Å². The molecule has 3 rings (SSSR count). The molecule has 0 aliphatic carbocycles. The van der Waals surface area contributed by atoms with Crippen LogP contribution < -0.4 is 11.2 Å². The van der Waals surface area contributed by atoms with Crippen molar-refractivity contribution in [2.45, 2.75) is 37.3 Å². The minimum absolute atomic E-state index is 0.135. The lowest BCUT2D eigenvalue weighted by atomic mass is 9.86. The molecular formula is C14H29N5. The fourth-order valence-corrected chi connectivity index (χ4v) is 4.04. The SMILES string of the molecule is CN1CCN(NC2(CN)CCN3CCCCC32)CC1. The topological polar surface area (TPSA) is 47.8 Å². The van der Waals surface area contributed by atoms with Crippen LogP contribution >= 0.6 is 0 Å². The molecule has 3 heterocycles. The standard InChI is InChI=1S/C14H29N5/c1-17-8-10-19(11-9-17)16-14(12-15)5-7-18-6-3-2-4-13(14)18/h13,16H,2-12,15H2,1H3. The lowest BCUT2D eigenvalue weighted by Gasteiger charge is -2.45. The predicted molar refractivity (Wildman–Crippen MR) is 77.8 cm³/mol. The molecule has 0 saturated carbocycles. The first-order valence-corrected chi connectivity index (χ1v) is 7.89. The molecule has 0 amide bonds. The van der Waals surface area contributed by atoms with Crippen LogP contribution in [0.25, 0.3) is 0 Å². The normalized spacial score (nSPS) is 38.5. The number of hydrazine groups is 1. The fourth-order valence-electron chi connectivity index (χ4n) is 4.04. The first-order valence-electron chi connectivity index (χ1n) is 7.89. The van der Waals surface area contributed by atoms with E-state index >= 15 is 0 Å². The Balaban J connectivity index is 1.66. The third-order valence-electron chi connectivity index (χ3n) is 5.34. The summed E-state index contributed by atoms with van der Waals surface area (Å²) in [7, 11) is 2.20. The van der Waals surface area contributed by atoms with Gasteiger partial charge in [0.1, 0.15) is 0 Å². The second-order valence-electron chi connectivity index (χ2n) is 6.56. The number of hydrogen-bond donors (Lipinski definition) is 2. The number of nitrogens with two attached hydrogens (primary N) is 1. The Kier molecular flexibility index (Phi) is 4.10. The van der Waals surface area contributed by atoms with Crippen molar-refractivity contribution in [3.05, 3.63) is 0 Å². The van der Waals surface area contributed by atoms with Gasteiger partial charge >= 0.3 is 0 Å². The Morgan fingerprint density at radius 1 is 1.11 bits per heavy atom. The van der Waals surface area contributed by atoms with Gasteiger partial charge in [0.05, 0.1) is 5.54 Å².